The van der Waals surface area contributed by atoms with Gasteiger partial charge in [0.1, 0.15) is 17.9 Å². The Bertz CT molecular complexity index is 747. The summed E-state index contributed by atoms with van der Waals surface area (Å²) in [4.78, 5) is 22.5. The monoisotopic (exact) mass is 357 g/mol. The Kier molecular flexibility index (Phi) is 5.73. The van der Waals surface area contributed by atoms with Gasteiger partial charge in [0, 0.05) is 25.2 Å². The summed E-state index contributed by atoms with van der Waals surface area (Å²) in [5, 5.41) is 6.29. The third-order valence-electron chi connectivity index (χ3n) is 4.33. The van der Waals surface area contributed by atoms with E-state index in [0.29, 0.717) is 30.4 Å². The van der Waals surface area contributed by atoms with Crippen molar-refractivity contribution in [1.82, 2.24) is 14.9 Å². The molecule has 2 aromatic rings. The van der Waals surface area contributed by atoms with E-state index in [2.05, 4.69) is 20.6 Å². The summed E-state index contributed by atoms with van der Waals surface area (Å²) in [6, 6.07) is 9.29. The maximum absolute atomic E-state index is 12.5. The average molecular weight is 357 g/mol. The molecule has 0 aliphatic carbocycles. The molecule has 1 aliphatic rings. The van der Waals surface area contributed by atoms with Crippen molar-refractivity contribution in [2.24, 2.45) is 0 Å². The predicted molar refractivity (Wildman–Crippen MR) is 98.8 cm³/mol. The highest BCUT2D eigenvalue weighted by atomic mass is 16.5. The fraction of sp³-hybridized carbons (Fsp3) is 0.389. The molecule has 1 fully saturated rings. The number of urea groups is 1. The molecule has 0 bridgehead atoms. The van der Waals surface area contributed by atoms with Gasteiger partial charge in [-0.2, -0.15) is 0 Å². The lowest BCUT2D eigenvalue weighted by molar-refractivity contribution is 0.197. The maximum Gasteiger partial charge on any atom is 0.321 e. The second-order valence-electron chi connectivity index (χ2n) is 5.98. The molecule has 0 unspecified atom stereocenters. The van der Waals surface area contributed by atoms with Crippen LogP contribution in [-0.4, -0.2) is 54.2 Å². The number of nitrogens with zero attached hydrogens (tertiary/aromatic N) is 3. The molecule has 138 valence electrons. The highest BCUT2D eigenvalue weighted by Crippen LogP contribution is 2.24. The number of piperidine rings is 1. The number of anilines is 2. The van der Waals surface area contributed by atoms with Gasteiger partial charge in [0.15, 0.2) is 0 Å². The Labute approximate surface area is 152 Å². The van der Waals surface area contributed by atoms with Crippen molar-refractivity contribution in [3.63, 3.8) is 0 Å². The van der Waals surface area contributed by atoms with Crippen LogP contribution in [0.15, 0.2) is 36.7 Å². The third-order valence-corrected chi connectivity index (χ3v) is 4.33. The van der Waals surface area contributed by atoms with Crippen molar-refractivity contribution in [3.8, 4) is 11.6 Å². The molecule has 2 amide bonds. The summed E-state index contributed by atoms with van der Waals surface area (Å²) in [5.41, 5.74) is 0.674. The molecule has 0 atom stereocenters. The third kappa shape index (κ3) is 4.33. The molecule has 1 saturated heterocycles. The van der Waals surface area contributed by atoms with Crippen molar-refractivity contribution in [2.75, 3.05) is 37.9 Å². The normalized spacial score (nSPS) is 14.6. The summed E-state index contributed by atoms with van der Waals surface area (Å²) < 4.78 is 10.4. The summed E-state index contributed by atoms with van der Waals surface area (Å²) in [6.45, 7) is 1.34. The van der Waals surface area contributed by atoms with Gasteiger partial charge in [-0.25, -0.2) is 14.8 Å². The van der Waals surface area contributed by atoms with Crippen molar-refractivity contribution >= 4 is 17.5 Å². The maximum atomic E-state index is 12.5. The van der Waals surface area contributed by atoms with Gasteiger partial charge < -0.3 is 25.0 Å². The SMILES string of the molecule is COc1cc(NC2CCN(C(=O)Nc3ccccc3OC)CC2)ncn1. The van der Waals surface area contributed by atoms with E-state index >= 15 is 0 Å². The minimum atomic E-state index is -0.114. The number of hydrogen-bond acceptors (Lipinski definition) is 6. The molecule has 0 saturated carbocycles. The first-order valence-corrected chi connectivity index (χ1v) is 8.51. The van der Waals surface area contributed by atoms with Gasteiger partial charge in [-0.05, 0) is 25.0 Å². The van der Waals surface area contributed by atoms with E-state index in [0.717, 1.165) is 18.7 Å². The first-order chi connectivity index (χ1) is 12.7. The Hall–Kier alpha value is -3.03. The Morgan fingerprint density at radius 3 is 2.65 bits per heavy atom. The molecular formula is C18H23N5O3. The Morgan fingerprint density at radius 2 is 1.92 bits per heavy atom. The fourth-order valence-corrected chi connectivity index (χ4v) is 2.91. The Morgan fingerprint density at radius 1 is 1.15 bits per heavy atom. The lowest BCUT2D eigenvalue weighted by atomic mass is 10.1. The van der Waals surface area contributed by atoms with Gasteiger partial charge in [0.2, 0.25) is 5.88 Å². The predicted octanol–water partition coefficient (Wildman–Crippen LogP) is 2.60. The second kappa shape index (κ2) is 8.37. The summed E-state index contributed by atoms with van der Waals surface area (Å²) >= 11 is 0. The molecule has 1 aromatic heterocycles. The molecule has 1 aromatic carbocycles. The number of nitrogens with one attached hydrogen (secondary N) is 2. The first-order valence-electron chi connectivity index (χ1n) is 8.51. The summed E-state index contributed by atoms with van der Waals surface area (Å²) in [6.07, 6.45) is 3.15. The van der Waals surface area contributed by atoms with Crippen LogP contribution >= 0.6 is 0 Å². The van der Waals surface area contributed by atoms with E-state index in [9.17, 15) is 4.79 Å². The molecule has 2 N–H and O–H groups in total. The lowest BCUT2D eigenvalue weighted by Gasteiger charge is -2.32. The van der Waals surface area contributed by atoms with Gasteiger partial charge in [-0.3, -0.25) is 0 Å². The molecule has 1 aliphatic heterocycles. The van der Waals surface area contributed by atoms with Crippen molar-refractivity contribution in [3.05, 3.63) is 36.7 Å². The topological polar surface area (TPSA) is 88.6 Å². The lowest BCUT2D eigenvalue weighted by Crippen LogP contribution is -2.44. The zero-order valence-electron chi connectivity index (χ0n) is 14.9. The zero-order chi connectivity index (χ0) is 18.4. The molecular weight excluding hydrogens is 334 g/mol. The highest BCUT2D eigenvalue weighted by Gasteiger charge is 2.23. The minimum absolute atomic E-state index is 0.114. The standard InChI is InChI=1S/C18H23N5O3/c1-25-15-6-4-3-5-14(15)22-18(24)23-9-7-13(8-10-23)21-16-11-17(26-2)20-12-19-16/h3-6,11-13H,7-10H2,1-2H3,(H,22,24)(H,19,20,21). The number of carbonyl (C=O) groups excluding carboxylic acids is 1. The van der Waals surface area contributed by atoms with Crippen molar-refractivity contribution < 1.29 is 14.3 Å². The van der Waals surface area contributed by atoms with Crippen molar-refractivity contribution in [1.29, 1.82) is 0 Å². The number of ether oxygens (including phenoxy) is 2. The molecule has 0 radical (unpaired) electrons. The van der Waals surface area contributed by atoms with Crippen molar-refractivity contribution in [2.45, 2.75) is 18.9 Å². The van der Waals surface area contributed by atoms with Crippen LogP contribution in [0.1, 0.15) is 12.8 Å². The van der Waals surface area contributed by atoms with Crippen LogP contribution in [-0.2, 0) is 0 Å². The highest BCUT2D eigenvalue weighted by molar-refractivity contribution is 5.91. The van der Waals surface area contributed by atoms with E-state index in [-0.39, 0.29) is 12.1 Å². The van der Waals surface area contributed by atoms with Gasteiger partial charge in [0.05, 0.1) is 19.9 Å². The van der Waals surface area contributed by atoms with Gasteiger partial charge in [0.25, 0.3) is 0 Å². The number of aromatic nitrogens is 2. The number of hydrogen-bond donors (Lipinski definition) is 2. The van der Waals surface area contributed by atoms with Crippen LogP contribution in [0.3, 0.4) is 0 Å². The number of para-hydroxylation sites is 2. The van der Waals surface area contributed by atoms with E-state index in [1.165, 1.54) is 6.33 Å². The molecule has 0 spiro atoms. The van der Waals surface area contributed by atoms with Crippen LogP contribution in [0.25, 0.3) is 0 Å². The molecule has 8 nitrogen and oxygen atoms in total. The smallest absolute Gasteiger partial charge is 0.321 e. The molecule has 3 rings (SSSR count). The summed E-state index contributed by atoms with van der Waals surface area (Å²) in [5.74, 6) is 1.90. The van der Waals surface area contributed by atoms with E-state index < -0.39 is 0 Å². The van der Waals surface area contributed by atoms with Crippen LogP contribution < -0.4 is 20.1 Å². The van der Waals surface area contributed by atoms with Gasteiger partial charge in [-0.1, -0.05) is 12.1 Å². The largest absolute Gasteiger partial charge is 0.495 e. The number of amides is 2. The Balaban J connectivity index is 1.52. The number of carbonyl (C=O) groups is 1. The molecule has 26 heavy (non-hydrogen) atoms. The second-order valence-corrected chi connectivity index (χ2v) is 5.98. The van der Waals surface area contributed by atoms with Crippen LogP contribution in [0.5, 0.6) is 11.6 Å². The van der Waals surface area contributed by atoms with Gasteiger partial charge >= 0.3 is 6.03 Å². The number of rotatable bonds is 5. The fourth-order valence-electron chi connectivity index (χ4n) is 2.91. The average Bonchev–Trinajstić information content (AvgIpc) is 2.69. The number of methoxy groups -OCH3 is 2. The van der Waals surface area contributed by atoms with E-state index in [1.807, 2.05) is 29.2 Å². The molecule has 2 heterocycles. The zero-order valence-corrected chi connectivity index (χ0v) is 14.9. The summed E-state index contributed by atoms with van der Waals surface area (Å²) in [7, 11) is 3.16. The van der Waals surface area contributed by atoms with E-state index in [1.54, 1.807) is 20.3 Å². The van der Waals surface area contributed by atoms with Crippen LogP contribution in [0.2, 0.25) is 0 Å². The number of likely N-dealkylation sites (tertiary alicyclic amines) is 1. The van der Waals surface area contributed by atoms with Crippen LogP contribution in [0, 0.1) is 0 Å². The minimum Gasteiger partial charge on any atom is -0.495 e. The van der Waals surface area contributed by atoms with Crippen LogP contribution in [0.4, 0.5) is 16.3 Å². The van der Waals surface area contributed by atoms with E-state index in [4.69, 9.17) is 9.47 Å². The first kappa shape index (κ1) is 17.8. The van der Waals surface area contributed by atoms with Gasteiger partial charge in [-0.15, -0.1) is 0 Å². The number of benzene rings is 1. The quantitative estimate of drug-likeness (QED) is 0.855. The molecule has 8 heteroatoms.